The lowest BCUT2D eigenvalue weighted by atomic mass is 9.93. The Kier molecular flexibility index (Phi) is 4.91. The summed E-state index contributed by atoms with van der Waals surface area (Å²) in [7, 11) is 0. The second-order valence-corrected chi connectivity index (χ2v) is 5.00. The SMILES string of the molecule is O=Cc1cccc(F)c1N(CCO)C1CCCCC1. The van der Waals surface area contributed by atoms with Crippen LogP contribution in [0.2, 0.25) is 0 Å². The van der Waals surface area contributed by atoms with E-state index in [1.807, 2.05) is 4.90 Å². The lowest BCUT2D eigenvalue weighted by Crippen LogP contribution is -2.40. The van der Waals surface area contributed by atoms with Gasteiger partial charge in [0.05, 0.1) is 12.3 Å². The molecule has 0 bridgehead atoms. The second kappa shape index (κ2) is 6.66. The Morgan fingerprint density at radius 1 is 1.32 bits per heavy atom. The van der Waals surface area contributed by atoms with Crippen LogP contribution in [0.5, 0.6) is 0 Å². The van der Waals surface area contributed by atoms with Crippen molar-refractivity contribution in [3.8, 4) is 0 Å². The van der Waals surface area contributed by atoms with Crippen molar-refractivity contribution in [3.05, 3.63) is 29.6 Å². The first-order valence-electron chi connectivity index (χ1n) is 6.89. The molecule has 19 heavy (non-hydrogen) atoms. The van der Waals surface area contributed by atoms with Crippen molar-refractivity contribution in [1.29, 1.82) is 0 Å². The van der Waals surface area contributed by atoms with Crippen molar-refractivity contribution in [2.24, 2.45) is 0 Å². The molecule has 104 valence electrons. The molecule has 1 aromatic carbocycles. The number of hydrogen-bond donors (Lipinski definition) is 1. The highest BCUT2D eigenvalue weighted by molar-refractivity contribution is 5.85. The van der Waals surface area contributed by atoms with Gasteiger partial charge in [0.1, 0.15) is 5.82 Å². The number of benzene rings is 1. The van der Waals surface area contributed by atoms with Crippen LogP contribution in [-0.2, 0) is 0 Å². The van der Waals surface area contributed by atoms with E-state index in [0.717, 1.165) is 25.7 Å². The summed E-state index contributed by atoms with van der Waals surface area (Å²) in [6.07, 6.45) is 6.13. The third-order valence-electron chi connectivity index (χ3n) is 3.79. The van der Waals surface area contributed by atoms with Gasteiger partial charge in [-0.2, -0.15) is 0 Å². The number of aldehydes is 1. The summed E-state index contributed by atoms with van der Waals surface area (Å²) in [5.74, 6) is -0.386. The molecule has 1 aliphatic carbocycles. The minimum Gasteiger partial charge on any atom is -0.395 e. The third kappa shape index (κ3) is 3.13. The molecule has 1 N–H and O–H groups in total. The van der Waals surface area contributed by atoms with Gasteiger partial charge in [0, 0.05) is 18.2 Å². The largest absolute Gasteiger partial charge is 0.395 e. The van der Waals surface area contributed by atoms with Gasteiger partial charge in [-0.05, 0) is 25.0 Å². The van der Waals surface area contributed by atoms with E-state index in [0.29, 0.717) is 24.1 Å². The topological polar surface area (TPSA) is 40.5 Å². The van der Waals surface area contributed by atoms with E-state index in [1.165, 1.54) is 12.5 Å². The molecule has 0 spiro atoms. The van der Waals surface area contributed by atoms with Crippen molar-refractivity contribution in [2.75, 3.05) is 18.1 Å². The van der Waals surface area contributed by atoms with E-state index in [2.05, 4.69) is 0 Å². The summed E-state index contributed by atoms with van der Waals surface area (Å²) in [6.45, 7) is 0.329. The average Bonchev–Trinajstić information content (AvgIpc) is 2.46. The number of aliphatic hydroxyl groups is 1. The first-order chi connectivity index (χ1) is 9.27. The van der Waals surface area contributed by atoms with Crippen LogP contribution in [0.3, 0.4) is 0 Å². The van der Waals surface area contributed by atoms with E-state index < -0.39 is 0 Å². The Morgan fingerprint density at radius 3 is 2.68 bits per heavy atom. The Morgan fingerprint density at radius 2 is 2.05 bits per heavy atom. The number of carbonyl (C=O) groups is 1. The zero-order chi connectivity index (χ0) is 13.7. The second-order valence-electron chi connectivity index (χ2n) is 5.00. The predicted molar refractivity (Wildman–Crippen MR) is 73.1 cm³/mol. The van der Waals surface area contributed by atoms with Gasteiger partial charge in [0.25, 0.3) is 0 Å². The number of rotatable bonds is 5. The molecule has 4 heteroatoms. The molecule has 2 rings (SSSR count). The number of halogens is 1. The molecule has 0 radical (unpaired) electrons. The number of anilines is 1. The lowest BCUT2D eigenvalue weighted by molar-refractivity contribution is 0.112. The van der Waals surface area contributed by atoms with Crippen LogP contribution in [-0.4, -0.2) is 30.6 Å². The molecule has 0 aromatic heterocycles. The van der Waals surface area contributed by atoms with Crippen molar-refractivity contribution < 1.29 is 14.3 Å². The van der Waals surface area contributed by atoms with Crippen molar-refractivity contribution in [1.82, 2.24) is 0 Å². The summed E-state index contributed by atoms with van der Waals surface area (Å²) >= 11 is 0. The lowest BCUT2D eigenvalue weighted by Gasteiger charge is -2.36. The van der Waals surface area contributed by atoms with Crippen molar-refractivity contribution in [3.63, 3.8) is 0 Å². The fraction of sp³-hybridized carbons (Fsp3) is 0.533. The summed E-state index contributed by atoms with van der Waals surface area (Å²) < 4.78 is 14.1. The minimum absolute atomic E-state index is 0.0386. The zero-order valence-electron chi connectivity index (χ0n) is 11.0. The van der Waals surface area contributed by atoms with Gasteiger partial charge in [-0.25, -0.2) is 4.39 Å². The fourth-order valence-electron chi connectivity index (χ4n) is 2.91. The summed E-state index contributed by atoms with van der Waals surface area (Å²) in [6, 6.07) is 4.76. The maximum atomic E-state index is 14.1. The van der Waals surface area contributed by atoms with E-state index in [4.69, 9.17) is 0 Å². The standard InChI is InChI=1S/C15H20FNO2/c16-14-8-4-5-12(11-19)15(14)17(9-10-18)13-6-2-1-3-7-13/h4-5,8,11,13,18H,1-3,6-7,9-10H2. The van der Waals surface area contributed by atoms with Gasteiger partial charge in [-0.1, -0.05) is 25.3 Å². The maximum Gasteiger partial charge on any atom is 0.152 e. The third-order valence-corrected chi connectivity index (χ3v) is 3.79. The molecule has 0 amide bonds. The van der Waals surface area contributed by atoms with Crippen molar-refractivity contribution in [2.45, 2.75) is 38.1 Å². The van der Waals surface area contributed by atoms with E-state index in [1.54, 1.807) is 12.1 Å². The van der Waals surface area contributed by atoms with Gasteiger partial charge in [-0.15, -0.1) is 0 Å². The van der Waals surface area contributed by atoms with Crippen LogP contribution in [0.25, 0.3) is 0 Å². The molecule has 1 aromatic rings. The number of aliphatic hydroxyl groups excluding tert-OH is 1. The number of hydrogen-bond acceptors (Lipinski definition) is 3. The van der Waals surface area contributed by atoms with Gasteiger partial charge >= 0.3 is 0 Å². The Labute approximate surface area is 113 Å². The fourth-order valence-corrected chi connectivity index (χ4v) is 2.91. The molecule has 3 nitrogen and oxygen atoms in total. The molecule has 1 aliphatic rings. The summed E-state index contributed by atoms with van der Waals surface area (Å²) in [4.78, 5) is 13.0. The van der Waals surface area contributed by atoms with Gasteiger partial charge < -0.3 is 10.0 Å². The molecule has 0 atom stereocenters. The highest BCUT2D eigenvalue weighted by Crippen LogP contribution is 2.30. The minimum atomic E-state index is -0.386. The van der Waals surface area contributed by atoms with Crippen LogP contribution in [0, 0.1) is 5.82 Å². The zero-order valence-corrected chi connectivity index (χ0v) is 11.0. The summed E-state index contributed by atoms with van der Waals surface area (Å²) in [5.41, 5.74) is 0.706. The molecule has 1 fully saturated rings. The normalized spacial score (nSPS) is 16.3. The Bertz CT molecular complexity index is 430. The van der Waals surface area contributed by atoms with Crippen LogP contribution >= 0.6 is 0 Å². The van der Waals surface area contributed by atoms with Gasteiger partial charge in [-0.3, -0.25) is 4.79 Å². The average molecular weight is 265 g/mol. The number of carbonyl (C=O) groups excluding carboxylic acids is 1. The van der Waals surface area contributed by atoms with E-state index in [9.17, 15) is 14.3 Å². The van der Waals surface area contributed by atoms with Crippen LogP contribution in [0.4, 0.5) is 10.1 Å². The van der Waals surface area contributed by atoms with Crippen LogP contribution in [0.15, 0.2) is 18.2 Å². The molecule has 0 aliphatic heterocycles. The highest BCUT2D eigenvalue weighted by atomic mass is 19.1. The van der Waals surface area contributed by atoms with Crippen LogP contribution in [0.1, 0.15) is 42.5 Å². The predicted octanol–water partition coefficient (Wildman–Crippen LogP) is 2.77. The molecule has 0 saturated heterocycles. The molecule has 1 saturated carbocycles. The number of nitrogens with zero attached hydrogens (tertiary/aromatic N) is 1. The quantitative estimate of drug-likeness (QED) is 0.832. The van der Waals surface area contributed by atoms with Crippen LogP contribution < -0.4 is 4.90 Å². The van der Waals surface area contributed by atoms with E-state index in [-0.39, 0.29) is 18.5 Å². The van der Waals surface area contributed by atoms with Gasteiger partial charge in [0.2, 0.25) is 0 Å². The highest BCUT2D eigenvalue weighted by Gasteiger charge is 2.25. The smallest absolute Gasteiger partial charge is 0.152 e. The maximum absolute atomic E-state index is 14.1. The first-order valence-corrected chi connectivity index (χ1v) is 6.89. The summed E-state index contributed by atoms with van der Waals surface area (Å²) in [5, 5.41) is 9.23. The van der Waals surface area contributed by atoms with Gasteiger partial charge in [0.15, 0.2) is 6.29 Å². The Balaban J connectivity index is 2.34. The Hall–Kier alpha value is -1.42. The monoisotopic (exact) mass is 265 g/mol. The first kappa shape index (κ1) is 14.0. The molecule has 0 heterocycles. The molecular weight excluding hydrogens is 245 g/mol. The van der Waals surface area contributed by atoms with E-state index >= 15 is 0 Å². The molecule has 0 unspecified atom stereocenters. The molecular formula is C15H20FNO2. The van der Waals surface area contributed by atoms with Crippen molar-refractivity contribution >= 4 is 12.0 Å². The number of para-hydroxylation sites is 1.